The van der Waals surface area contributed by atoms with E-state index in [2.05, 4.69) is 5.32 Å². The number of carbonyl (C=O) groups is 2. The van der Waals surface area contributed by atoms with Gasteiger partial charge in [0.15, 0.2) is 11.5 Å². The molecule has 0 atom stereocenters. The Hall–Kier alpha value is -2.24. The minimum atomic E-state index is -0.612. The van der Waals surface area contributed by atoms with E-state index in [1.54, 1.807) is 39.8 Å². The molecule has 0 spiro atoms. The number of ketones is 1. The van der Waals surface area contributed by atoms with E-state index in [0.717, 1.165) is 18.4 Å². The largest absolute Gasteiger partial charge is 0.493 e. The van der Waals surface area contributed by atoms with Gasteiger partial charge in [-0.05, 0) is 52.2 Å². The molecule has 0 unspecified atom stereocenters. The number of nitrogens with one attached hydrogen (secondary N) is 1. The van der Waals surface area contributed by atoms with Gasteiger partial charge >= 0.3 is 6.09 Å². The van der Waals surface area contributed by atoms with Crippen molar-refractivity contribution >= 4 is 17.6 Å². The Morgan fingerprint density at radius 1 is 1.08 bits per heavy atom. The number of anilines is 1. The molecule has 1 aliphatic carbocycles. The Labute approximate surface area is 142 Å². The Morgan fingerprint density at radius 2 is 1.62 bits per heavy atom. The summed E-state index contributed by atoms with van der Waals surface area (Å²) in [5.74, 6) is 1.07. The highest BCUT2D eigenvalue weighted by molar-refractivity contribution is 5.96. The lowest BCUT2D eigenvalue weighted by Crippen LogP contribution is -2.28. The Kier molecular flexibility index (Phi) is 4.78. The van der Waals surface area contributed by atoms with Gasteiger partial charge in [-0.25, -0.2) is 4.79 Å². The van der Waals surface area contributed by atoms with Crippen LogP contribution in [-0.2, 0) is 14.9 Å². The van der Waals surface area contributed by atoms with E-state index in [1.807, 2.05) is 0 Å². The van der Waals surface area contributed by atoms with Crippen LogP contribution in [0.25, 0.3) is 0 Å². The first-order chi connectivity index (χ1) is 11.1. The summed E-state index contributed by atoms with van der Waals surface area (Å²) in [6.07, 6.45) is 0.928. The molecule has 24 heavy (non-hydrogen) atoms. The minimum absolute atomic E-state index is 0.0713. The lowest BCUT2D eigenvalue weighted by atomic mass is 9.90. The maximum absolute atomic E-state index is 12.2. The van der Waals surface area contributed by atoms with Gasteiger partial charge in [0.1, 0.15) is 11.4 Å². The van der Waals surface area contributed by atoms with Crippen LogP contribution in [0.3, 0.4) is 0 Å². The summed E-state index contributed by atoms with van der Waals surface area (Å²) in [7, 11) is 3.06. The van der Waals surface area contributed by atoms with Gasteiger partial charge in [-0.15, -0.1) is 0 Å². The zero-order chi connectivity index (χ0) is 18.1. The van der Waals surface area contributed by atoms with E-state index < -0.39 is 17.1 Å². The smallest absolute Gasteiger partial charge is 0.412 e. The van der Waals surface area contributed by atoms with Crippen LogP contribution in [0.2, 0.25) is 0 Å². The van der Waals surface area contributed by atoms with Crippen molar-refractivity contribution in [1.82, 2.24) is 0 Å². The third-order valence-electron chi connectivity index (χ3n) is 4.10. The van der Waals surface area contributed by atoms with Crippen molar-refractivity contribution in [3.8, 4) is 11.5 Å². The van der Waals surface area contributed by atoms with E-state index in [-0.39, 0.29) is 5.78 Å². The fourth-order valence-corrected chi connectivity index (χ4v) is 2.73. The highest BCUT2D eigenvalue weighted by Crippen LogP contribution is 2.53. The molecule has 1 amide bonds. The number of ether oxygens (including phenoxy) is 3. The summed E-state index contributed by atoms with van der Waals surface area (Å²) < 4.78 is 16.0. The second kappa shape index (κ2) is 6.34. The molecule has 0 aliphatic heterocycles. The van der Waals surface area contributed by atoms with Gasteiger partial charge in [0.05, 0.1) is 25.3 Å². The predicted molar refractivity (Wildman–Crippen MR) is 91.0 cm³/mol. The summed E-state index contributed by atoms with van der Waals surface area (Å²) in [5, 5.41) is 2.75. The standard InChI is InChI=1S/C18H25NO5/c1-11(20)18(7-8-18)12-9-14(22-5)15(23-6)10-13(12)19-16(21)24-17(2,3)4/h9-10H,7-8H2,1-6H3,(H,19,21). The summed E-state index contributed by atoms with van der Waals surface area (Å²) in [6, 6.07) is 3.43. The SMILES string of the molecule is COc1cc(NC(=O)OC(C)(C)C)c(C2(C(C)=O)CC2)cc1OC. The van der Waals surface area contributed by atoms with Crippen LogP contribution in [0.15, 0.2) is 12.1 Å². The molecule has 1 aromatic carbocycles. The van der Waals surface area contributed by atoms with E-state index in [1.165, 1.54) is 14.2 Å². The molecular weight excluding hydrogens is 310 g/mol. The van der Waals surface area contributed by atoms with E-state index >= 15 is 0 Å². The summed E-state index contributed by atoms with van der Waals surface area (Å²) in [6.45, 7) is 6.95. The second-order valence-corrected chi connectivity index (χ2v) is 7.02. The van der Waals surface area contributed by atoms with Crippen molar-refractivity contribution in [3.05, 3.63) is 17.7 Å². The number of amides is 1. The van der Waals surface area contributed by atoms with Gasteiger partial charge in [0, 0.05) is 6.07 Å². The molecule has 132 valence electrons. The molecule has 0 bridgehead atoms. The van der Waals surface area contributed by atoms with Crippen LogP contribution in [0.1, 0.15) is 46.1 Å². The topological polar surface area (TPSA) is 73.9 Å². The van der Waals surface area contributed by atoms with Crippen LogP contribution in [0.5, 0.6) is 11.5 Å². The van der Waals surface area contributed by atoms with Gasteiger partial charge in [-0.3, -0.25) is 10.1 Å². The average Bonchev–Trinajstić information content (AvgIpc) is 3.26. The molecule has 0 aromatic heterocycles. The first kappa shape index (κ1) is 18.1. The lowest BCUT2D eigenvalue weighted by molar-refractivity contribution is -0.119. The number of carbonyl (C=O) groups excluding carboxylic acids is 2. The van der Waals surface area contributed by atoms with Gasteiger partial charge in [-0.1, -0.05) is 0 Å². The molecule has 1 fully saturated rings. The number of rotatable bonds is 5. The van der Waals surface area contributed by atoms with Gasteiger partial charge in [-0.2, -0.15) is 0 Å². The number of hydrogen-bond donors (Lipinski definition) is 1. The normalized spacial score (nSPS) is 15.4. The van der Waals surface area contributed by atoms with Gasteiger partial charge in [0.2, 0.25) is 0 Å². The molecule has 6 heteroatoms. The van der Waals surface area contributed by atoms with Crippen LogP contribution in [0.4, 0.5) is 10.5 Å². The number of hydrogen-bond acceptors (Lipinski definition) is 5. The van der Waals surface area contributed by atoms with Crippen molar-refractivity contribution in [2.24, 2.45) is 0 Å². The molecule has 1 saturated carbocycles. The van der Waals surface area contributed by atoms with Crippen LogP contribution in [0, 0.1) is 0 Å². The molecule has 1 N–H and O–H groups in total. The molecule has 0 heterocycles. The van der Waals surface area contributed by atoms with Crippen molar-refractivity contribution in [3.63, 3.8) is 0 Å². The van der Waals surface area contributed by atoms with Crippen molar-refractivity contribution in [2.45, 2.75) is 51.6 Å². The second-order valence-electron chi connectivity index (χ2n) is 7.02. The van der Waals surface area contributed by atoms with E-state index in [4.69, 9.17) is 14.2 Å². The summed E-state index contributed by atoms with van der Waals surface area (Å²) in [5.41, 5.74) is 0.0656. The maximum Gasteiger partial charge on any atom is 0.412 e. The van der Waals surface area contributed by atoms with Crippen LogP contribution in [-0.4, -0.2) is 31.7 Å². The fraction of sp³-hybridized carbons (Fsp3) is 0.556. The number of benzene rings is 1. The molecular formula is C18H25NO5. The quantitative estimate of drug-likeness (QED) is 0.888. The highest BCUT2D eigenvalue weighted by Gasteiger charge is 2.50. The number of Topliss-reactive ketones (excluding diaryl/α,β-unsaturated/α-hetero) is 1. The Balaban J connectivity index is 2.44. The molecule has 0 radical (unpaired) electrons. The van der Waals surface area contributed by atoms with Gasteiger partial charge < -0.3 is 14.2 Å². The summed E-state index contributed by atoms with van der Waals surface area (Å²) in [4.78, 5) is 24.3. The Bertz CT molecular complexity index is 656. The predicted octanol–water partition coefficient (Wildman–Crippen LogP) is 3.67. The van der Waals surface area contributed by atoms with E-state index in [0.29, 0.717) is 17.2 Å². The molecule has 1 aliphatic rings. The average molecular weight is 335 g/mol. The third-order valence-corrected chi connectivity index (χ3v) is 4.10. The fourth-order valence-electron chi connectivity index (χ4n) is 2.73. The van der Waals surface area contributed by atoms with Crippen LogP contribution >= 0.6 is 0 Å². The van der Waals surface area contributed by atoms with Crippen LogP contribution < -0.4 is 14.8 Å². The molecule has 1 aromatic rings. The first-order valence-corrected chi connectivity index (χ1v) is 7.90. The van der Waals surface area contributed by atoms with Crippen molar-refractivity contribution in [1.29, 1.82) is 0 Å². The zero-order valence-electron chi connectivity index (χ0n) is 15.1. The first-order valence-electron chi connectivity index (χ1n) is 7.90. The zero-order valence-corrected chi connectivity index (χ0v) is 15.1. The van der Waals surface area contributed by atoms with E-state index in [9.17, 15) is 9.59 Å². The lowest BCUT2D eigenvalue weighted by Gasteiger charge is -2.23. The molecule has 2 rings (SSSR count). The Morgan fingerprint density at radius 3 is 2.04 bits per heavy atom. The molecule has 0 saturated heterocycles. The summed E-state index contributed by atoms with van der Waals surface area (Å²) >= 11 is 0. The molecule has 6 nitrogen and oxygen atoms in total. The monoisotopic (exact) mass is 335 g/mol. The van der Waals surface area contributed by atoms with Crippen molar-refractivity contribution in [2.75, 3.05) is 19.5 Å². The third kappa shape index (κ3) is 3.63. The highest BCUT2D eigenvalue weighted by atomic mass is 16.6. The number of methoxy groups -OCH3 is 2. The van der Waals surface area contributed by atoms with Gasteiger partial charge in [0.25, 0.3) is 0 Å². The van der Waals surface area contributed by atoms with Crippen molar-refractivity contribution < 1.29 is 23.8 Å². The maximum atomic E-state index is 12.2. The minimum Gasteiger partial charge on any atom is -0.493 e.